The van der Waals surface area contributed by atoms with Crippen molar-refractivity contribution in [3.63, 3.8) is 0 Å². The van der Waals surface area contributed by atoms with Crippen LogP contribution in [0, 0.1) is 0 Å². The number of fused-ring (bicyclic) bond motifs is 3. The van der Waals surface area contributed by atoms with E-state index in [4.69, 9.17) is 0 Å². The Morgan fingerprint density at radius 2 is 1.68 bits per heavy atom. The van der Waals surface area contributed by atoms with Crippen molar-refractivity contribution in [1.29, 1.82) is 0 Å². The van der Waals surface area contributed by atoms with Gasteiger partial charge in [-0.2, -0.15) is 0 Å². The molecule has 0 atom stereocenters. The fourth-order valence-electron chi connectivity index (χ4n) is 2.92. The lowest BCUT2D eigenvalue weighted by Gasteiger charge is -2.03. The lowest BCUT2D eigenvalue weighted by Crippen LogP contribution is -2.11. The van der Waals surface area contributed by atoms with Gasteiger partial charge in [-0.3, -0.25) is 9.20 Å². The first-order chi connectivity index (χ1) is 9.31. The monoisotopic (exact) mass is 245 g/mol. The van der Waals surface area contributed by atoms with Crippen LogP contribution in [0.1, 0.15) is 5.56 Å². The van der Waals surface area contributed by atoms with E-state index in [0.29, 0.717) is 0 Å². The van der Waals surface area contributed by atoms with Gasteiger partial charge in [0.15, 0.2) is 0 Å². The Balaban J connectivity index is 2.51. The molecule has 2 aromatic carbocycles. The van der Waals surface area contributed by atoms with E-state index in [-0.39, 0.29) is 5.56 Å². The molecule has 2 nitrogen and oxygen atoms in total. The minimum Gasteiger partial charge on any atom is -0.276 e. The minimum absolute atomic E-state index is 0.000185. The molecule has 2 heterocycles. The normalized spacial score (nSPS) is 11.6. The predicted octanol–water partition coefficient (Wildman–Crippen LogP) is 3.69. The minimum atomic E-state index is -0.000185. The van der Waals surface area contributed by atoms with Gasteiger partial charge in [0.25, 0.3) is 5.56 Å². The van der Waals surface area contributed by atoms with E-state index < -0.39 is 0 Å². The van der Waals surface area contributed by atoms with Crippen molar-refractivity contribution < 1.29 is 0 Å². The van der Waals surface area contributed by atoms with Crippen molar-refractivity contribution in [3.8, 4) is 0 Å². The highest BCUT2D eigenvalue weighted by atomic mass is 16.1. The van der Waals surface area contributed by atoms with Gasteiger partial charge in [0.2, 0.25) is 0 Å². The lowest BCUT2D eigenvalue weighted by molar-refractivity contribution is 1.18. The summed E-state index contributed by atoms with van der Waals surface area (Å²) >= 11 is 0. The van der Waals surface area contributed by atoms with Crippen LogP contribution in [0.2, 0.25) is 0 Å². The second-order valence-corrected chi connectivity index (χ2v) is 4.70. The molecule has 0 amide bonds. The van der Waals surface area contributed by atoms with E-state index in [9.17, 15) is 4.79 Å². The summed E-state index contributed by atoms with van der Waals surface area (Å²) in [7, 11) is 0. The second kappa shape index (κ2) is 3.45. The molecule has 2 aromatic heterocycles. The largest absolute Gasteiger partial charge is 0.276 e. The summed E-state index contributed by atoms with van der Waals surface area (Å²) in [6, 6.07) is 15.8. The zero-order chi connectivity index (χ0) is 13.0. The number of pyridine rings is 1. The molecule has 0 spiro atoms. The molecule has 4 rings (SSSR count). The molecule has 0 radical (unpaired) electrons. The van der Waals surface area contributed by atoms with Gasteiger partial charge in [0.1, 0.15) is 0 Å². The SMILES string of the molecule is C=Cc1cc(=O)n2c3ccccc3c3cccc1c32. The fourth-order valence-corrected chi connectivity index (χ4v) is 2.92. The summed E-state index contributed by atoms with van der Waals surface area (Å²) in [5.74, 6) is 0. The van der Waals surface area contributed by atoms with Gasteiger partial charge in [-0.15, -0.1) is 0 Å². The molecule has 0 fully saturated rings. The third kappa shape index (κ3) is 1.18. The van der Waals surface area contributed by atoms with Crippen LogP contribution in [0.25, 0.3) is 33.3 Å². The average molecular weight is 245 g/mol. The first kappa shape index (κ1) is 10.3. The Labute approximate surface area is 109 Å². The summed E-state index contributed by atoms with van der Waals surface area (Å²) in [5.41, 5.74) is 2.85. The van der Waals surface area contributed by atoms with Crippen molar-refractivity contribution in [2.45, 2.75) is 0 Å². The van der Waals surface area contributed by atoms with Gasteiger partial charge in [0.05, 0.1) is 11.0 Å². The Morgan fingerprint density at radius 1 is 0.947 bits per heavy atom. The van der Waals surface area contributed by atoms with Crippen LogP contribution in [0.4, 0.5) is 0 Å². The maximum absolute atomic E-state index is 12.4. The highest BCUT2D eigenvalue weighted by Gasteiger charge is 2.13. The summed E-state index contributed by atoms with van der Waals surface area (Å²) < 4.78 is 1.80. The number of aromatic nitrogens is 1. The van der Waals surface area contributed by atoms with Gasteiger partial charge >= 0.3 is 0 Å². The van der Waals surface area contributed by atoms with Crippen LogP contribution < -0.4 is 5.56 Å². The van der Waals surface area contributed by atoms with Crippen molar-refractivity contribution in [2.24, 2.45) is 0 Å². The third-order valence-corrected chi connectivity index (χ3v) is 3.73. The summed E-state index contributed by atoms with van der Waals surface area (Å²) in [4.78, 5) is 12.4. The van der Waals surface area contributed by atoms with Crippen LogP contribution in [0.3, 0.4) is 0 Å². The van der Waals surface area contributed by atoms with Gasteiger partial charge in [-0.05, 0) is 11.6 Å². The van der Waals surface area contributed by atoms with Crippen LogP contribution in [0.5, 0.6) is 0 Å². The number of hydrogen-bond donors (Lipinski definition) is 0. The van der Waals surface area contributed by atoms with Crippen LogP contribution in [-0.2, 0) is 0 Å². The molecule has 90 valence electrons. The smallest absolute Gasteiger partial charge is 0.256 e. The standard InChI is InChI=1S/C17H11NO/c1-2-11-10-16(19)18-15-9-4-3-6-13(15)14-8-5-7-12(11)17(14)18/h2-10H,1H2. The van der Waals surface area contributed by atoms with Crippen molar-refractivity contribution in [2.75, 3.05) is 0 Å². The molecule has 2 heteroatoms. The zero-order valence-electron chi connectivity index (χ0n) is 10.3. The summed E-state index contributed by atoms with van der Waals surface area (Å²) in [6.07, 6.45) is 1.74. The van der Waals surface area contributed by atoms with Crippen molar-refractivity contribution in [1.82, 2.24) is 4.40 Å². The van der Waals surface area contributed by atoms with E-state index >= 15 is 0 Å². The van der Waals surface area contributed by atoms with E-state index in [1.807, 2.05) is 30.3 Å². The van der Waals surface area contributed by atoms with Crippen LogP contribution in [-0.4, -0.2) is 4.40 Å². The van der Waals surface area contributed by atoms with E-state index in [1.54, 1.807) is 16.5 Å². The van der Waals surface area contributed by atoms with Crippen molar-refractivity contribution >= 4 is 33.3 Å². The Kier molecular flexibility index (Phi) is 1.88. The van der Waals surface area contributed by atoms with Gasteiger partial charge in [0, 0.05) is 22.2 Å². The fraction of sp³-hybridized carbons (Fsp3) is 0. The molecule has 0 bridgehead atoms. The second-order valence-electron chi connectivity index (χ2n) is 4.70. The number of rotatable bonds is 1. The Hall–Kier alpha value is -2.61. The first-order valence-corrected chi connectivity index (χ1v) is 6.22. The summed E-state index contributed by atoms with van der Waals surface area (Å²) in [5, 5.41) is 3.31. The van der Waals surface area contributed by atoms with E-state index in [2.05, 4.69) is 18.7 Å². The molecular formula is C17H11NO. The highest BCUT2D eigenvalue weighted by molar-refractivity contribution is 6.15. The van der Waals surface area contributed by atoms with E-state index in [1.165, 1.54) is 0 Å². The number of benzene rings is 2. The average Bonchev–Trinajstić information content (AvgIpc) is 2.79. The van der Waals surface area contributed by atoms with E-state index in [0.717, 1.165) is 32.8 Å². The highest BCUT2D eigenvalue weighted by Crippen LogP contribution is 2.31. The quantitative estimate of drug-likeness (QED) is 0.501. The lowest BCUT2D eigenvalue weighted by atomic mass is 10.1. The predicted molar refractivity (Wildman–Crippen MR) is 80.0 cm³/mol. The molecule has 19 heavy (non-hydrogen) atoms. The molecule has 0 aliphatic heterocycles. The molecule has 0 N–H and O–H groups in total. The number of para-hydroxylation sites is 2. The van der Waals surface area contributed by atoms with Gasteiger partial charge in [-0.1, -0.05) is 49.1 Å². The van der Waals surface area contributed by atoms with Gasteiger partial charge in [-0.25, -0.2) is 0 Å². The zero-order valence-corrected chi connectivity index (χ0v) is 10.3. The molecular weight excluding hydrogens is 234 g/mol. The maximum Gasteiger partial charge on any atom is 0.256 e. The molecule has 0 unspecified atom stereocenters. The number of hydrogen-bond acceptors (Lipinski definition) is 1. The topological polar surface area (TPSA) is 21.5 Å². The Bertz CT molecular complexity index is 995. The van der Waals surface area contributed by atoms with Crippen LogP contribution >= 0.6 is 0 Å². The number of nitrogens with zero attached hydrogens (tertiary/aromatic N) is 1. The molecule has 0 aliphatic carbocycles. The van der Waals surface area contributed by atoms with Gasteiger partial charge < -0.3 is 0 Å². The third-order valence-electron chi connectivity index (χ3n) is 3.73. The Morgan fingerprint density at radius 3 is 2.53 bits per heavy atom. The summed E-state index contributed by atoms with van der Waals surface area (Å²) in [6.45, 7) is 3.80. The maximum atomic E-state index is 12.4. The van der Waals surface area contributed by atoms with Crippen LogP contribution in [0.15, 0.2) is 59.9 Å². The molecule has 4 aromatic rings. The molecule has 0 saturated carbocycles. The first-order valence-electron chi connectivity index (χ1n) is 6.22. The molecule has 0 saturated heterocycles. The molecule has 0 aliphatic rings. The van der Waals surface area contributed by atoms with Crippen molar-refractivity contribution in [3.05, 3.63) is 71.0 Å².